The lowest BCUT2D eigenvalue weighted by Gasteiger charge is -2.21. The summed E-state index contributed by atoms with van der Waals surface area (Å²) in [6, 6.07) is 7.52. The highest BCUT2D eigenvalue weighted by molar-refractivity contribution is 5.31. The van der Waals surface area contributed by atoms with Gasteiger partial charge in [-0.2, -0.15) is 0 Å². The van der Waals surface area contributed by atoms with Gasteiger partial charge in [-0.1, -0.05) is 0 Å². The molecule has 4 heteroatoms. The van der Waals surface area contributed by atoms with Crippen LogP contribution in [-0.2, 0) is 0 Å². The molecule has 1 aromatic rings. The number of methoxy groups -OCH3 is 1. The Labute approximate surface area is 109 Å². The van der Waals surface area contributed by atoms with Crippen LogP contribution in [0.15, 0.2) is 24.3 Å². The molecule has 1 unspecified atom stereocenters. The first-order valence-corrected chi connectivity index (χ1v) is 6.24. The van der Waals surface area contributed by atoms with E-state index in [0.717, 1.165) is 30.8 Å². The van der Waals surface area contributed by atoms with Gasteiger partial charge in [0, 0.05) is 5.54 Å². The zero-order valence-electron chi connectivity index (χ0n) is 11.2. The number of benzene rings is 1. The van der Waals surface area contributed by atoms with Crippen molar-refractivity contribution in [3.05, 3.63) is 24.3 Å². The molecular weight excluding hydrogens is 230 g/mol. The molecule has 18 heavy (non-hydrogen) atoms. The maximum atomic E-state index is 9.01. The lowest BCUT2D eigenvalue weighted by molar-refractivity contribution is 0.194. The third-order valence-electron chi connectivity index (χ3n) is 2.83. The molecule has 0 fully saturated rings. The zero-order valence-corrected chi connectivity index (χ0v) is 11.2. The number of hydrogen-bond acceptors (Lipinski definition) is 4. The molecule has 0 aromatic heterocycles. The van der Waals surface area contributed by atoms with E-state index in [0.29, 0.717) is 6.61 Å². The van der Waals surface area contributed by atoms with Crippen molar-refractivity contribution in [2.45, 2.75) is 31.7 Å². The fourth-order valence-corrected chi connectivity index (χ4v) is 1.57. The largest absolute Gasteiger partial charge is 0.497 e. The van der Waals surface area contributed by atoms with Gasteiger partial charge in [0.25, 0.3) is 0 Å². The molecule has 0 saturated carbocycles. The van der Waals surface area contributed by atoms with Gasteiger partial charge in [-0.15, -0.1) is 0 Å². The zero-order chi connectivity index (χ0) is 13.4. The number of unbranched alkanes of at least 4 members (excludes halogenated alkanes) is 1. The Hall–Kier alpha value is -1.26. The maximum Gasteiger partial charge on any atom is 0.119 e. The van der Waals surface area contributed by atoms with Crippen molar-refractivity contribution in [3.63, 3.8) is 0 Å². The monoisotopic (exact) mass is 253 g/mol. The average molecular weight is 253 g/mol. The molecular formula is C14H23NO3. The smallest absolute Gasteiger partial charge is 0.119 e. The lowest BCUT2D eigenvalue weighted by Crippen LogP contribution is -2.39. The Morgan fingerprint density at radius 2 is 1.78 bits per heavy atom. The van der Waals surface area contributed by atoms with Crippen molar-refractivity contribution in [2.24, 2.45) is 5.73 Å². The second-order valence-electron chi connectivity index (χ2n) is 4.79. The van der Waals surface area contributed by atoms with E-state index in [1.54, 1.807) is 7.11 Å². The molecule has 0 amide bonds. The highest BCUT2D eigenvalue weighted by Gasteiger charge is 2.15. The van der Waals surface area contributed by atoms with Crippen LogP contribution in [0.4, 0.5) is 0 Å². The van der Waals surface area contributed by atoms with Gasteiger partial charge in [0.2, 0.25) is 0 Å². The summed E-state index contributed by atoms with van der Waals surface area (Å²) < 4.78 is 10.7. The van der Waals surface area contributed by atoms with Gasteiger partial charge < -0.3 is 20.3 Å². The van der Waals surface area contributed by atoms with Crippen molar-refractivity contribution in [1.29, 1.82) is 0 Å². The summed E-state index contributed by atoms with van der Waals surface area (Å²) >= 11 is 0. The van der Waals surface area contributed by atoms with E-state index in [2.05, 4.69) is 0 Å². The standard InChI is InChI=1S/C14H23NO3/c1-14(15,11-16)9-3-4-10-18-13-7-5-12(17-2)6-8-13/h5-8,16H,3-4,9-11,15H2,1-2H3. The normalized spacial score (nSPS) is 14.0. The van der Waals surface area contributed by atoms with Gasteiger partial charge in [0.1, 0.15) is 11.5 Å². The van der Waals surface area contributed by atoms with E-state index >= 15 is 0 Å². The van der Waals surface area contributed by atoms with Gasteiger partial charge in [0.15, 0.2) is 0 Å². The van der Waals surface area contributed by atoms with Gasteiger partial charge in [-0.25, -0.2) is 0 Å². The van der Waals surface area contributed by atoms with Crippen LogP contribution in [0.1, 0.15) is 26.2 Å². The molecule has 0 aliphatic rings. The minimum absolute atomic E-state index is 0.0202. The maximum absolute atomic E-state index is 9.01. The summed E-state index contributed by atoms with van der Waals surface area (Å²) in [6.07, 6.45) is 2.68. The molecule has 0 radical (unpaired) electrons. The van der Waals surface area contributed by atoms with Crippen LogP contribution in [0.3, 0.4) is 0 Å². The van der Waals surface area contributed by atoms with Crippen molar-refractivity contribution in [2.75, 3.05) is 20.3 Å². The summed E-state index contributed by atoms with van der Waals surface area (Å²) in [7, 11) is 1.64. The topological polar surface area (TPSA) is 64.7 Å². The minimum atomic E-state index is -0.472. The van der Waals surface area contributed by atoms with Crippen LogP contribution < -0.4 is 15.2 Å². The third-order valence-corrected chi connectivity index (χ3v) is 2.83. The van der Waals surface area contributed by atoms with Crippen molar-refractivity contribution in [1.82, 2.24) is 0 Å². The van der Waals surface area contributed by atoms with Gasteiger partial charge in [-0.05, 0) is 50.5 Å². The number of rotatable bonds is 8. The first-order valence-electron chi connectivity index (χ1n) is 6.24. The fraction of sp³-hybridized carbons (Fsp3) is 0.571. The molecule has 1 atom stereocenters. The molecule has 4 nitrogen and oxygen atoms in total. The Morgan fingerprint density at radius 1 is 1.17 bits per heavy atom. The van der Waals surface area contributed by atoms with Crippen molar-refractivity contribution >= 4 is 0 Å². The lowest BCUT2D eigenvalue weighted by atomic mass is 9.97. The Kier molecular flexibility index (Phi) is 5.95. The van der Waals surface area contributed by atoms with E-state index in [1.807, 2.05) is 31.2 Å². The van der Waals surface area contributed by atoms with E-state index in [9.17, 15) is 0 Å². The SMILES string of the molecule is COc1ccc(OCCCCC(C)(N)CO)cc1. The Morgan fingerprint density at radius 3 is 2.33 bits per heavy atom. The third kappa shape index (κ3) is 5.38. The molecule has 1 aromatic carbocycles. The Balaban J connectivity index is 2.17. The van der Waals surface area contributed by atoms with Crippen LogP contribution in [0.5, 0.6) is 11.5 Å². The van der Waals surface area contributed by atoms with Crippen molar-refractivity contribution in [3.8, 4) is 11.5 Å². The molecule has 0 bridgehead atoms. The minimum Gasteiger partial charge on any atom is -0.497 e. The van der Waals surface area contributed by atoms with Gasteiger partial charge in [-0.3, -0.25) is 0 Å². The molecule has 0 spiro atoms. The highest BCUT2D eigenvalue weighted by Crippen LogP contribution is 2.17. The molecule has 1 rings (SSSR count). The molecule has 0 aliphatic heterocycles. The van der Waals surface area contributed by atoms with Crippen LogP contribution in [0, 0.1) is 0 Å². The molecule has 0 saturated heterocycles. The highest BCUT2D eigenvalue weighted by atomic mass is 16.5. The summed E-state index contributed by atoms with van der Waals surface area (Å²) in [5, 5.41) is 9.01. The number of aliphatic hydroxyl groups excluding tert-OH is 1. The number of ether oxygens (including phenoxy) is 2. The Bertz CT molecular complexity index is 335. The van der Waals surface area contributed by atoms with E-state index in [-0.39, 0.29) is 6.61 Å². The second kappa shape index (κ2) is 7.24. The fourth-order valence-electron chi connectivity index (χ4n) is 1.57. The van der Waals surface area contributed by atoms with Crippen LogP contribution in [0.25, 0.3) is 0 Å². The number of nitrogens with two attached hydrogens (primary N) is 1. The van der Waals surface area contributed by atoms with E-state index < -0.39 is 5.54 Å². The van der Waals surface area contributed by atoms with Crippen LogP contribution in [0.2, 0.25) is 0 Å². The summed E-state index contributed by atoms with van der Waals surface area (Å²) in [5.41, 5.74) is 5.36. The predicted molar refractivity (Wildman–Crippen MR) is 72.0 cm³/mol. The summed E-state index contributed by atoms with van der Waals surface area (Å²) in [5.74, 6) is 1.66. The van der Waals surface area contributed by atoms with E-state index in [4.69, 9.17) is 20.3 Å². The summed E-state index contributed by atoms with van der Waals surface area (Å²) in [6.45, 7) is 2.54. The first-order chi connectivity index (χ1) is 8.57. The van der Waals surface area contributed by atoms with Crippen LogP contribution in [-0.4, -0.2) is 31.0 Å². The molecule has 3 N–H and O–H groups in total. The van der Waals surface area contributed by atoms with Gasteiger partial charge in [0.05, 0.1) is 20.3 Å². The van der Waals surface area contributed by atoms with Gasteiger partial charge >= 0.3 is 0 Å². The molecule has 102 valence electrons. The quantitative estimate of drug-likeness (QED) is 0.695. The van der Waals surface area contributed by atoms with Crippen LogP contribution >= 0.6 is 0 Å². The second-order valence-corrected chi connectivity index (χ2v) is 4.79. The van der Waals surface area contributed by atoms with E-state index in [1.165, 1.54) is 0 Å². The first kappa shape index (κ1) is 14.8. The molecule has 0 heterocycles. The predicted octanol–water partition coefficient (Wildman–Crippen LogP) is 1.95. The molecule has 0 aliphatic carbocycles. The van der Waals surface area contributed by atoms with Crippen molar-refractivity contribution < 1.29 is 14.6 Å². The number of aliphatic hydroxyl groups is 1. The number of hydrogen-bond donors (Lipinski definition) is 2. The summed E-state index contributed by atoms with van der Waals surface area (Å²) in [4.78, 5) is 0. The average Bonchev–Trinajstić information content (AvgIpc) is 2.39.